The van der Waals surface area contributed by atoms with Gasteiger partial charge in [0.05, 0.1) is 5.69 Å². The number of hydrogen-bond donors (Lipinski definition) is 2. The van der Waals surface area contributed by atoms with Gasteiger partial charge in [-0.1, -0.05) is 29.8 Å². The molecule has 3 aromatic rings. The Bertz CT molecular complexity index is 937. The molecule has 0 saturated carbocycles. The number of aromatic nitrogens is 1. The first-order valence-electron chi connectivity index (χ1n) is 8.37. The van der Waals surface area contributed by atoms with Crippen LogP contribution in [0.25, 0.3) is 10.6 Å². The van der Waals surface area contributed by atoms with Crippen LogP contribution in [0.3, 0.4) is 0 Å². The Labute approximate surface area is 160 Å². The summed E-state index contributed by atoms with van der Waals surface area (Å²) in [5.74, 6) is -1.95. The number of benzene rings is 2. The number of hydrogen-bond acceptors (Lipinski definition) is 4. The Kier molecular flexibility index (Phi) is 5.93. The minimum absolute atomic E-state index is 0.298. The van der Waals surface area contributed by atoms with Crippen LogP contribution >= 0.6 is 11.3 Å². The molecule has 1 aromatic heterocycles. The zero-order valence-electron chi connectivity index (χ0n) is 14.7. The molecule has 0 aliphatic rings. The molecule has 7 heteroatoms. The Morgan fingerprint density at radius 3 is 2.44 bits per heavy atom. The van der Waals surface area contributed by atoms with E-state index in [9.17, 15) is 14.0 Å². The third kappa shape index (κ3) is 5.21. The summed E-state index contributed by atoms with van der Waals surface area (Å²) in [6, 6.07) is 13.3. The fourth-order valence-corrected chi connectivity index (χ4v) is 3.22. The van der Waals surface area contributed by atoms with Gasteiger partial charge in [-0.3, -0.25) is 9.59 Å². The number of carbonyl (C=O) groups is 2. The highest BCUT2D eigenvalue weighted by Gasteiger charge is 2.13. The predicted molar refractivity (Wildman–Crippen MR) is 104 cm³/mol. The average molecular weight is 383 g/mol. The van der Waals surface area contributed by atoms with Crippen molar-refractivity contribution in [1.29, 1.82) is 0 Å². The third-order valence-electron chi connectivity index (χ3n) is 3.83. The summed E-state index contributed by atoms with van der Waals surface area (Å²) >= 11 is 1.54. The molecule has 0 aliphatic heterocycles. The van der Waals surface area contributed by atoms with E-state index in [4.69, 9.17) is 0 Å². The number of nitrogens with zero attached hydrogens (tertiary/aromatic N) is 1. The smallest absolute Gasteiger partial charge is 0.313 e. The van der Waals surface area contributed by atoms with E-state index in [1.54, 1.807) is 11.3 Å². The van der Waals surface area contributed by atoms with Crippen LogP contribution in [0.5, 0.6) is 0 Å². The van der Waals surface area contributed by atoms with Gasteiger partial charge in [0.15, 0.2) is 0 Å². The molecule has 0 atom stereocenters. The lowest BCUT2D eigenvalue weighted by Crippen LogP contribution is -2.36. The zero-order chi connectivity index (χ0) is 19.2. The molecule has 0 spiro atoms. The number of amides is 2. The number of halogens is 1. The molecule has 5 nitrogen and oxygen atoms in total. The molecule has 2 aromatic carbocycles. The van der Waals surface area contributed by atoms with Crippen molar-refractivity contribution in [2.75, 3.05) is 11.9 Å². The number of thiazole rings is 1. The zero-order valence-corrected chi connectivity index (χ0v) is 15.5. The summed E-state index contributed by atoms with van der Waals surface area (Å²) in [5.41, 5.74) is 3.46. The molecule has 138 valence electrons. The van der Waals surface area contributed by atoms with Crippen molar-refractivity contribution in [2.45, 2.75) is 13.3 Å². The minimum Gasteiger partial charge on any atom is -0.347 e. The van der Waals surface area contributed by atoms with Gasteiger partial charge in [0.1, 0.15) is 10.8 Å². The highest BCUT2D eigenvalue weighted by atomic mass is 32.1. The molecule has 2 amide bonds. The Morgan fingerprint density at radius 1 is 1.04 bits per heavy atom. The van der Waals surface area contributed by atoms with E-state index in [0.29, 0.717) is 18.7 Å². The molecule has 0 aliphatic carbocycles. The second-order valence-electron chi connectivity index (χ2n) is 5.98. The fraction of sp³-hybridized carbons (Fsp3) is 0.150. The van der Waals surface area contributed by atoms with Crippen molar-refractivity contribution in [2.24, 2.45) is 0 Å². The SMILES string of the molecule is Cc1ccc(-c2nc(CCNC(=O)C(=O)Nc3ccc(F)cc3)cs2)cc1. The molecule has 0 saturated heterocycles. The van der Waals surface area contributed by atoms with Crippen LogP contribution in [-0.4, -0.2) is 23.3 Å². The van der Waals surface area contributed by atoms with Crippen molar-refractivity contribution in [1.82, 2.24) is 10.3 Å². The van der Waals surface area contributed by atoms with Gasteiger partial charge >= 0.3 is 11.8 Å². The van der Waals surface area contributed by atoms with E-state index in [2.05, 4.69) is 15.6 Å². The van der Waals surface area contributed by atoms with Crippen molar-refractivity contribution < 1.29 is 14.0 Å². The van der Waals surface area contributed by atoms with Crippen molar-refractivity contribution in [3.05, 3.63) is 71.0 Å². The number of nitrogens with one attached hydrogen (secondary N) is 2. The first kappa shape index (κ1) is 18.7. The molecule has 3 rings (SSSR count). The summed E-state index contributed by atoms with van der Waals surface area (Å²) in [7, 11) is 0. The van der Waals surface area contributed by atoms with Crippen molar-refractivity contribution >= 4 is 28.8 Å². The van der Waals surface area contributed by atoms with Crippen LogP contribution in [0, 0.1) is 12.7 Å². The second kappa shape index (κ2) is 8.55. The maximum absolute atomic E-state index is 12.8. The largest absolute Gasteiger partial charge is 0.347 e. The summed E-state index contributed by atoms with van der Waals surface area (Å²) in [6.45, 7) is 2.33. The van der Waals surface area contributed by atoms with E-state index in [0.717, 1.165) is 16.3 Å². The van der Waals surface area contributed by atoms with Crippen LogP contribution in [0.4, 0.5) is 10.1 Å². The van der Waals surface area contributed by atoms with Crippen molar-refractivity contribution in [3.63, 3.8) is 0 Å². The third-order valence-corrected chi connectivity index (χ3v) is 4.77. The molecule has 27 heavy (non-hydrogen) atoms. The summed E-state index contributed by atoms with van der Waals surface area (Å²) in [5, 5.41) is 7.84. The lowest BCUT2D eigenvalue weighted by molar-refractivity contribution is -0.136. The quantitative estimate of drug-likeness (QED) is 0.662. The summed E-state index contributed by atoms with van der Waals surface area (Å²) in [6.07, 6.45) is 0.526. The second-order valence-corrected chi connectivity index (χ2v) is 6.84. The van der Waals surface area contributed by atoms with Crippen molar-refractivity contribution in [3.8, 4) is 10.6 Å². The van der Waals surface area contributed by atoms with Gasteiger partial charge in [-0.2, -0.15) is 0 Å². The standard InChI is InChI=1S/C20H18FN3O2S/c1-13-2-4-14(5-3-13)20-24-17(12-27-20)10-11-22-18(25)19(26)23-16-8-6-15(21)7-9-16/h2-9,12H,10-11H2,1H3,(H,22,25)(H,23,26). The van der Waals surface area contributed by atoms with E-state index in [1.165, 1.54) is 29.8 Å². The summed E-state index contributed by atoms with van der Waals surface area (Å²) in [4.78, 5) is 28.2. The lowest BCUT2D eigenvalue weighted by Gasteiger charge is -2.06. The highest BCUT2D eigenvalue weighted by molar-refractivity contribution is 7.13. The number of rotatable bonds is 5. The maximum Gasteiger partial charge on any atom is 0.313 e. The number of aryl methyl sites for hydroxylation is 1. The molecule has 2 N–H and O–H groups in total. The molecule has 1 heterocycles. The van der Waals surface area contributed by atoms with Gasteiger partial charge in [-0.15, -0.1) is 11.3 Å². The van der Waals surface area contributed by atoms with Crippen LogP contribution < -0.4 is 10.6 Å². The molecule has 0 bridgehead atoms. The number of anilines is 1. The Morgan fingerprint density at radius 2 is 1.74 bits per heavy atom. The van der Waals surface area contributed by atoms with E-state index >= 15 is 0 Å². The van der Waals surface area contributed by atoms with Crippen LogP contribution in [0.1, 0.15) is 11.3 Å². The van der Waals surface area contributed by atoms with Gasteiger partial charge in [0.25, 0.3) is 0 Å². The Balaban J connectivity index is 1.48. The minimum atomic E-state index is -0.791. The first-order chi connectivity index (χ1) is 13.0. The van der Waals surface area contributed by atoms with E-state index in [1.807, 2.05) is 36.6 Å². The van der Waals surface area contributed by atoms with Gasteiger partial charge in [0.2, 0.25) is 0 Å². The Hall–Kier alpha value is -3.06. The molecular weight excluding hydrogens is 365 g/mol. The van der Waals surface area contributed by atoms with Gasteiger partial charge in [-0.05, 0) is 31.2 Å². The fourth-order valence-electron chi connectivity index (χ4n) is 2.36. The molecule has 0 fully saturated rings. The van der Waals surface area contributed by atoms with Crippen LogP contribution in [0.15, 0.2) is 53.9 Å². The van der Waals surface area contributed by atoms with Gasteiger partial charge in [-0.25, -0.2) is 9.37 Å². The van der Waals surface area contributed by atoms with E-state index < -0.39 is 17.6 Å². The monoisotopic (exact) mass is 383 g/mol. The molecule has 0 radical (unpaired) electrons. The van der Waals surface area contributed by atoms with E-state index in [-0.39, 0.29) is 0 Å². The van der Waals surface area contributed by atoms with Crippen LogP contribution in [-0.2, 0) is 16.0 Å². The average Bonchev–Trinajstić information content (AvgIpc) is 3.13. The lowest BCUT2D eigenvalue weighted by atomic mass is 10.2. The van der Waals surface area contributed by atoms with Gasteiger partial charge < -0.3 is 10.6 Å². The predicted octanol–water partition coefficient (Wildman–Crippen LogP) is 3.56. The summed E-state index contributed by atoms with van der Waals surface area (Å²) < 4.78 is 12.8. The van der Waals surface area contributed by atoms with Gasteiger partial charge in [0, 0.05) is 29.6 Å². The first-order valence-corrected chi connectivity index (χ1v) is 9.25. The molecular formula is C20H18FN3O2S. The highest BCUT2D eigenvalue weighted by Crippen LogP contribution is 2.24. The normalized spacial score (nSPS) is 10.4. The molecule has 0 unspecified atom stereocenters. The van der Waals surface area contributed by atoms with Crippen LogP contribution in [0.2, 0.25) is 0 Å². The maximum atomic E-state index is 12.8. The number of carbonyl (C=O) groups excluding carboxylic acids is 2. The topological polar surface area (TPSA) is 71.1 Å².